The Balaban J connectivity index is 1.41. The van der Waals surface area contributed by atoms with E-state index < -0.39 is 0 Å². The standard InChI is InChI=1S/C26H27N3O3/c1-3-32-23-13-11-22(12-14-23)28-26(31)27-17-19-9-10-21-15-18(2)29(24(21)16-19)25(30)20-7-5-4-6-8-20/h4-14,16,18H,3,15,17H2,1-2H3,(H2,27,28,31)/t18-/m1/s1. The first-order valence-corrected chi connectivity index (χ1v) is 10.8. The van der Waals surface area contributed by atoms with Gasteiger partial charge in [0.1, 0.15) is 5.75 Å². The number of fused-ring (bicyclic) bond motifs is 1. The summed E-state index contributed by atoms with van der Waals surface area (Å²) >= 11 is 0. The molecular formula is C26H27N3O3. The molecule has 6 nitrogen and oxygen atoms in total. The van der Waals surface area contributed by atoms with Gasteiger partial charge >= 0.3 is 6.03 Å². The highest BCUT2D eigenvalue weighted by atomic mass is 16.5. The van der Waals surface area contributed by atoms with Gasteiger partial charge in [0.05, 0.1) is 6.61 Å². The van der Waals surface area contributed by atoms with Crippen molar-refractivity contribution in [2.45, 2.75) is 32.9 Å². The van der Waals surface area contributed by atoms with Gasteiger partial charge in [-0.15, -0.1) is 0 Å². The minimum Gasteiger partial charge on any atom is -0.494 e. The highest BCUT2D eigenvalue weighted by Gasteiger charge is 2.31. The van der Waals surface area contributed by atoms with Crippen LogP contribution >= 0.6 is 0 Å². The van der Waals surface area contributed by atoms with Crippen LogP contribution in [0.3, 0.4) is 0 Å². The summed E-state index contributed by atoms with van der Waals surface area (Å²) in [6.07, 6.45) is 0.819. The highest BCUT2D eigenvalue weighted by molar-refractivity contribution is 6.07. The van der Waals surface area contributed by atoms with Gasteiger partial charge in [-0.2, -0.15) is 0 Å². The van der Waals surface area contributed by atoms with Gasteiger partial charge in [-0.25, -0.2) is 4.79 Å². The molecule has 3 amide bonds. The molecular weight excluding hydrogens is 402 g/mol. The number of carbonyl (C=O) groups is 2. The summed E-state index contributed by atoms with van der Waals surface area (Å²) in [5.74, 6) is 0.760. The Labute approximate surface area is 188 Å². The summed E-state index contributed by atoms with van der Waals surface area (Å²) < 4.78 is 5.41. The SMILES string of the molecule is CCOc1ccc(NC(=O)NCc2ccc3c(c2)N(C(=O)c2ccccc2)[C@H](C)C3)cc1. The third-order valence-corrected chi connectivity index (χ3v) is 5.48. The number of anilines is 2. The molecule has 3 aromatic rings. The van der Waals surface area contributed by atoms with Crippen molar-refractivity contribution in [1.82, 2.24) is 5.32 Å². The van der Waals surface area contributed by atoms with Crippen LogP contribution in [0.25, 0.3) is 0 Å². The number of rotatable bonds is 6. The molecule has 0 fully saturated rings. The molecule has 164 valence electrons. The number of hydrogen-bond donors (Lipinski definition) is 2. The van der Waals surface area contributed by atoms with Gasteiger partial charge in [0, 0.05) is 29.5 Å². The molecule has 2 N–H and O–H groups in total. The van der Waals surface area contributed by atoms with E-state index in [0.717, 1.165) is 29.0 Å². The summed E-state index contributed by atoms with van der Waals surface area (Å²) in [5, 5.41) is 5.70. The van der Waals surface area contributed by atoms with Crippen LogP contribution in [0.15, 0.2) is 72.8 Å². The molecule has 3 aromatic carbocycles. The van der Waals surface area contributed by atoms with Crippen molar-refractivity contribution in [3.8, 4) is 5.75 Å². The monoisotopic (exact) mass is 429 g/mol. The zero-order valence-corrected chi connectivity index (χ0v) is 18.3. The molecule has 1 heterocycles. The predicted octanol–water partition coefficient (Wildman–Crippen LogP) is 5.00. The molecule has 4 rings (SSSR count). The van der Waals surface area contributed by atoms with Crippen molar-refractivity contribution in [2.75, 3.05) is 16.8 Å². The second-order valence-electron chi connectivity index (χ2n) is 7.82. The van der Waals surface area contributed by atoms with Crippen LogP contribution in [-0.2, 0) is 13.0 Å². The molecule has 0 bridgehead atoms. The Hall–Kier alpha value is -3.80. The van der Waals surface area contributed by atoms with Gasteiger partial charge in [0.25, 0.3) is 5.91 Å². The minimum absolute atomic E-state index is 0.00444. The van der Waals surface area contributed by atoms with Crippen molar-refractivity contribution >= 4 is 23.3 Å². The number of nitrogens with zero attached hydrogens (tertiary/aromatic N) is 1. The second-order valence-corrected chi connectivity index (χ2v) is 7.82. The van der Waals surface area contributed by atoms with E-state index in [9.17, 15) is 9.59 Å². The molecule has 0 aliphatic carbocycles. The van der Waals surface area contributed by atoms with E-state index in [1.807, 2.05) is 72.5 Å². The predicted molar refractivity (Wildman–Crippen MR) is 126 cm³/mol. The van der Waals surface area contributed by atoms with E-state index in [-0.39, 0.29) is 18.0 Å². The first-order chi connectivity index (χ1) is 15.5. The number of hydrogen-bond acceptors (Lipinski definition) is 3. The average molecular weight is 430 g/mol. The number of benzene rings is 3. The van der Waals surface area contributed by atoms with Crippen molar-refractivity contribution in [3.63, 3.8) is 0 Å². The lowest BCUT2D eigenvalue weighted by molar-refractivity contribution is 0.0981. The quantitative estimate of drug-likeness (QED) is 0.579. The Morgan fingerprint density at radius 2 is 1.78 bits per heavy atom. The van der Waals surface area contributed by atoms with Crippen LogP contribution in [-0.4, -0.2) is 24.6 Å². The summed E-state index contributed by atoms with van der Waals surface area (Å²) in [6, 6.07) is 22.4. The Morgan fingerprint density at radius 3 is 2.50 bits per heavy atom. The Bertz CT molecular complexity index is 1100. The maximum absolute atomic E-state index is 13.1. The van der Waals surface area contributed by atoms with Gasteiger partial charge < -0.3 is 20.3 Å². The molecule has 0 saturated heterocycles. The molecule has 6 heteroatoms. The van der Waals surface area contributed by atoms with Crippen molar-refractivity contribution in [2.24, 2.45) is 0 Å². The summed E-state index contributed by atoms with van der Waals surface area (Å²) in [7, 11) is 0. The molecule has 1 aliphatic rings. The van der Waals surface area contributed by atoms with E-state index in [4.69, 9.17) is 4.74 Å². The van der Waals surface area contributed by atoms with E-state index in [1.54, 1.807) is 12.1 Å². The zero-order chi connectivity index (χ0) is 22.5. The number of ether oxygens (including phenoxy) is 1. The molecule has 0 aromatic heterocycles. The fourth-order valence-electron chi connectivity index (χ4n) is 3.95. The van der Waals surface area contributed by atoms with E-state index in [1.165, 1.54) is 0 Å². The molecule has 0 saturated carbocycles. The molecule has 0 radical (unpaired) electrons. The van der Waals surface area contributed by atoms with Crippen LogP contribution in [0.4, 0.5) is 16.2 Å². The topological polar surface area (TPSA) is 70.7 Å². The molecule has 1 aliphatic heterocycles. The van der Waals surface area contributed by atoms with Crippen LogP contribution in [0.5, 0.6) is 5.75 Å². The normalized spacial score (nSPS) is 14.6. The molecule has 32 heavy (non-hydrogen) atoms. The number of amides is 3. The Morgan fingerprint density at radius 1 is 1.03 bits per heavy atom. The maximum Gasteiger partial charge on any atom is 0.319 e. The fraction of sp³-hybridized carbons (Fsp3) is 0.231. The molecule has 0 unspecified atom stereocenters. The van der Waals surface area contributed by atoms with Crippen molar-refractivity contribution in [1.29, 1.82) is 0 Å². The van der Waals surface area contributed by atoms with E-state index in [0.29, 0.717) is 24.4 Å². The van der Waals surface area contributed by atoms with E-state index >= 15 is 0 Å². The van der Waals surface area contributed by atoms with Crippen LogP contribution in [0, 0.1) is 0 Å². The lowest BCUT2D eigenvalue weighted by atomic mass is 10.1. The van der Waals surface area contributed by atoms with Gasteiger partial charge in [-0.1, -0.05) is 30.3 Å². The largest absolute Gasteiger partial charge is 0.494 e. The van der Waals surface area contributed by atoms with Crippen LogP contribution in [0.2, 0.25) is 0 Å². The zero-order valence-electron chi connectivity index (χ0n) is 18.3. The third-order valence-electron chi connectivity index (χ3n) is 5.48. The van der Waals surface area contributed by atoms with Gasteiger partial charge in [0.2, 0.25) is 0 Å². The molecule has 0 spiro atoms. The number of urea groups is 1. The highest BCUT2D eigenvalue weighted by Crippen LogP contribution is 2.34. The third kappa shape index (κ3) is 4.75. The number of carbonyl (C=O) groups excluding carboxylic acids is 2. The smallest absolute Gasteiger partial charge is 0.319 e. The first-order valence-electron chi connectivity index (χ1n) is 10.8. The lowest BCUT2D eigenvalue weighted by Gasteiger charge is -2.23. The fourth-order valence-corrected chi connectivity index (χ4v) is 3.95. The van der Waals surface area contributed by atoms with Crippen LogP contribution in [0.1, 0.15) is 35.3 Å². The second kappa shape index (κ2) is 9.56. The maximum atomic E-state index is 13.1. The van der Waals surface area contributed by atoms with Crippen molar-refractivity contribution < 1.29 is 14.3 Å². The van der Waals surface area contributed by atoms with Crippen LogP contribution < -0.4 is 20.3 Å². The minimum atomic E-state index is -0.291. The Kier molecular flexibility index (Phi) is 6.40. The summed E-state index contributed by atoms with van der Waals surface area (Å²) in [4.78, 5) is 27.3. The average Bonchev–Trinajstić information content (AvgIpc) is 3.14. The van der Waals surface area contributed by atoms with Gasteiger partial charge in [-0.05, 0) is 73.9 Å². The first kappa shape index (κ1) is 21.4. The lowest BCUT2D eigenvalue weighted by Crippen LogP contribution is -2.35. The van der Waals surface area contributed by atoms with E-state index in [2.05, 4.69) is 17.6 Å². The van der Waals surface area contributed by atoms with Gasteiger partial charge in [-0.3, -0.25) is 4.79 Å². The number of nitrogens with one attached hydrogen (secondary N) is 2. The molecule has 1 atom stereocenters. The summed E-state index contributed by atoms with van der Waals surface area (Å²) in [6.45, 7) is 4.94. The van der Waals surface area contributed by atoms with Crippen molar-refractivity contribution in [3.05, 3.63) is 89.5 Å². The van der Waals surface area contributed by atoms with Gasteiger partial charge in [0.15, 0.2) is 0 Å². The summed E-state index contributed by atoms with van der Waals surface area (Å²) in [5.41, 5.74) is 4.35.